The molecule has 2 nitrogen and oxygen atoms in total. The SMILES string of the molecule is CC(/C=C\C=O)/C=C/O. The number of carbonyl (C=O) groups excluding carboxylic acids is 1. The van der Waals surface area contributed by atoms with Crippen LogP contribution in [0.15, 0.2) is 24.5 Å². The third kappa shape index (κ3) is 4.81. The molecule has 9 heavy (non-hydrogen) atoms. The van der Waals surface area contributed by atoms with Gasteiger partial charge in [0.15, 0.2) is 0 Å². The van der Waals surface area contributed by atoms with E-state index in [1.165, 1.54) is 6.08 Å². The summed E-state index contributed by atoms with van der Waals surface area (Å²) in [5.41, 5.74) is 0. The summed E-state index contributed by atoms with van der Waals surface area (Å²) in [7, 11) is 0. The Morgan fingerprint density at radius 1 is 1.44 bits per heavy atom. The van der Waals surface area contributed by atoms with Gasteiger partial charge in [0.05, 0.1) is 6.26 Å². The van der Waals surface area contributed by atoms with Gasteiger partial charge < -0.3 is 5.11 Å². The van der Waals surface area contributed by atoms with E-state index < -0.39 is 0 Å². The molecule has 1 unspecified atom stereocenters. The summed E-state index contributed by atoms with van der Waals surface area (Å²) in [6.07, 6.45) is 6.37. The Hall–Kier alpha value is -1.05. The second-order valence-corrected chi connectivity index (χ2v) is 1.72. The Morgan fingerprint density at radius 3 is 2.56 bits per heavy atom. The van der Waals surface area contributed by atoms with Crippen LogP contribution >= 0.6 is 0 Å². The maximum atomic E-state index is 9.74. The van der Waals surface area contributed by atoms with Crippen molar-refractivity contribution < 1.29 is 9.90 Å². The summed E-state index contributed by atoms with van der Waals surface area (Å²) in [4.78, 5) is 9.74. The number of carbonyl (C=O) groups is 1. The standard InChI is InChI=1S/C7H10O2/c1-7(4-6-9)3-2-5-8/h2-7,9H,1H3/b3-2-,6-4+. The molecule has 0 aliphatic heterocycles. The third-order valence-corrected chi connectivity index (χ3v) is 0.883. The van der Waals surface area contributed by atoms with Crippen molar-refractivity contribution >= 4 is 6.29 Å². The first-order chi connectivity index (χ1) is 4.31. The van der Waals surface area contributed by atoms with E-state index in [-0.39, 0.29) is 5.92 Å². The smallest absolute Gasteiger partial charge is 0.142 e. The zero-order valence-corrected chi connectivity index (χ0v) is 5.32. The number of hydrogen-bond acceptors (Lipinski definition) is 2. The highest BCUT2D eigenvalue weighted by Gasteiger charge is 1.85. The lowest BCUT2D eigenvalue weighted by Crippen LogP contribution is -1.80. The molecule has 0 rings (SSSR count). The Bertz CT molecular complexity index is 125. The topological polar surface area (TPSA) is 37.3 Å². The number of aliphatic hydroxyl groups is 1. The Balaban J connectivity index is 3.61. The summed E-state index contributed by atoms with van der Waals surface area (Å²) >= 11 is 0. The maximum Gasteiger partial charge on any atom is 0.142 e. The molecule has 0 heterocycles. The molecule has 2 heteroatoms. The number of aldehydes is 1. The van der Waals surface area contributed by atoms with Gasteiger partial charge in [0.2, 0.25) is 0 Å². The van der Waals surface area contributed by atoms with Gasteiger partial charge in [-0.05, 0) is 18.1 Å². The van der Waals surface area contributed by atoms with Gasteiger partial charge in [0, 0.05) is 0 Å². The van der Waals surface area contributed by atoms with Crippen molar-refractivity contribution in [1.82, 2.24) is 0 Å². The first kappa shape index (κ1) is 7.95. The Morgan fingerprint density at radius 2 is 2.11 bits per heavy atom. The average molecular weight is 126 g/mol. The fourth-order valence-electron chi connectivity index (χ4n) is 0.421. The molecule has 0 fully saturated rings. The van der Waals surface area contributed by atoms with Crippen molar-refractivity contribution in [2.24, 2.45) is 5.92 Å². The highest BCUT2D eigenvalue weighted by Crippen LogP contribution is 1.96. The minimum absolute atomic E-state index is 0.125. The van der Waals surface area contributed by atoms with E-state index in [4.69, 9.17) is 5.11 Å². The first-order valence-electron chi connectivity index (χ1n) is 2.74. The second-order valence-electron chi connectivity index (χ2n) is 1.72. The summed E-state index contributed by atoms with van der Waals surface area (Å²) < 4.78 is 0. The van der Waals surface area contributed by atoms with Crippen molar-refractivity contribution in [1.29, 1.82) is 0 Å². The predicted octanol–water partition coefficient (Wildman–Crippen LogP) is 1.45. The van der Waals surface area contributed by atoms with E-state index in [9.17, 15) is 4.79 Å². The third-order valence-electron chi connectivity index (χ3n) is 0.883. The monoisotopic (exact) mass is 126 g/mol. The van der Waals surface area contributed by atoms with E-state index >= 15 is 0 Å². The summed E-state index contributed by atoms with van der Waals surface area (Å²) in [6, 6.07) is 0. The predicted molar refractivity (Wildman–Crippen MR) is 36.1 cm³/mol. The van der Waals surface area contributed by atoms with E-state index in [0.717, 1.165) is 6.26 Å². The summed E-state index contributed by atoms with van der Waals surface area (Å²) in [6.45, 7) is 1.87. The van der Waals surface area contributed by atoms with E-state index in [0.29, 0.717) is 6.29 Å². The zero-order valence-electron chi connectivity index (χ0n) is 5.32. The maximum absolute atomic E-state index is 9.74. The van der Waals surface area contributed by atoms with Crippen LogP contribution in [-0.4, -0.2) is 11.4 Å². The minimum atomic E-state index is 0.125. The fraction of sp³-hybridized carbons (Fsp3) is 0.286. The molecule has 0 saturated carbocycles. The highest BCUT2D eigenvalue weighted by atomic mass is 16.2. The molecule has 0 aromatic heterocycles. The van der Waals surface area contributed by atoms with Gasteiger partial charge in [-0.2, -0.15) is 0 Å². The van der Waals surface area contributed by atoms with Crippen molar-refractivity contribution in [3.05, 3.63) is 24.5 Å². The van der Waals surface area contributed by atoms with E-state index in [1.807, 2.05) is 6.92 Å². The second kappa shape index (κ2) is 5.09. The molecule has 0 spiro atoms. The van der Waals surface area contributed by atoms with Gasteiger partial charge in [-0.25, -0.2) is 0 Å². The van der Waals surface area contributed by atoms with Gasteiger partial charge in [-0.15, -0.1) is 0 Å². The molecule has 0 aromatic carbocycles. The average Bonchev–Trinajstić information content (AvgIpc) is 1.85. The van der Waals surface area contributed by atoms with Crippen LogP contribution < -0.4 is 0 Å². The molecular formula is C7H10O2. The summed E-state index contributed by atoms with van der Waals surface area (Å²) in [5, 5.41) is 8.23. The number of aliphatic hydroxyl groups excluding tert-OH is 1. The van der Waals surface area contributed by atoms with Crippen LogP contribution in [0.5, 0.6) is 0 Å². The fourth-order valence-corrected chi connectivity index (χ4v) is 0.421. The number of rotatable bonds is 3. The Labute approximate surface area is 54.5 Å². The lowest BCUT2D eigenvalue weighted by Gasteiger charge is -1.91. The molecule has 0 aliphatic carbocycles. The molecule has 50 valence electrons. The zero-order chi connectivity index (χ0) is 7.11. The van der Waals surface area contributed by atoms with Crippen LogP contribution in [0.1, 0.15) is 6.92 Å². The summed E-state index contributed by atoms with van der Waals surface area (Å²) in [5.74, 6) is 0.125. The highest BCUT2D eigenvalue weighted by molar-refractivity contribution is 5.64. The molecule has 0 amide bonds. The van der Waals surface area contributed by atoms with Gasteiger partial charge in [0.1, 0.15) is 6.29 Å². The van der Waals surface area contributed by atoms with Crippen LogP contribution in [0.2, 0.25) is 0 Å². The number of allylic oxidation sites excluding steroid dienone is 3. The van der Waals surface area contributed by atoms with Crippen molar-refractivity contribution in [2.75, 3.05) is 0 Å². The van der Waals surface area contributed by atoms with Crippen molar-refractivity contribution in [3.8, 4) is 0 Å². The quantitative estimate of drug-likeness (QED) is 0.353. The molecule has 0 aromatic rings. The largest absolute Gasteiger partial charge is 0.516 e. The van der Waals surface area contributed by atoms with Crippen LogP contribution in [0.3, 0.4) is 0 Å². The lowest BCUT2D eigenvalue weighted by atomic mass is 10.2. The van der Waals surface area contributed by atoms with Gasteiger partial charge in [-0.1, -0.05) is 13.0 Å². The Kier molecular flexibility index (Phi) is 4.50. The molecule has 0 saturated heterocycles. The van der Waals surface area contributed by atoms with Crippen LogP contribution in [0.4, 0.5) is 0 Å². The molecular weight excluding hydrogens is 116 g/mol. The van der Waals surface area contributed by atoms with Crippen LogP contribution in [0, 0.1) is 5.92 Å². The molecule has 0 radical (unpaired) electrons. The molecule has 1 N–H and O–H groups in total. The van der Waals surface area contributed by atoms with Gasteiger partial charge in [-0.3, -0.25) is 4.79 Å². The van der Waals surface area contributed by atoms with Crippen molar-refractivity contribution in [2.45, 2.75) is 6.92 Å². The van der Waals surface area contributed by atoms with Crippen molar-refractivity contribution in [3.63, 3.8) is 0 Å². The first-order valence-corrected chi connectivity index (χ1v) is 2.74. The minimum Gasteiger partial charge on any atom is -0.516 e. The molecule has 0 aliphatic rings. The molecule has 0 bridgehead atoms. The van der Waals surface area contributed by atoms with E-state index in [2.05, 4.69) is 0 Å². The molecule has 1 atom stereocenters. The van der Waals surface area contributed by atoms with E-state index in [1.54, 1.807) is 12.2 Å². The number of hydrogen-bond donors (Lipinski definition) is 1. The lowest BCUT2D eigenvalue weighted by molar-refractivity contribution is -0.104. The normalized spacial score (nSPS) is 14.8. The van der Waals surface area contributed by atoms with Gasteiger partial charge >= 0.3 is 0 Å². The van der Waals surface area contributed by atoms with Crippen LogP contribution in [0.25, 0.3) is 0 Å². The van der Waals surface area contributed by atoms with Crippen LogP contribution in [-0.2, 0) is 4.79 Å². The van der Waals surface area contributed by atoms with Gasteiger partial charge in [0.25, 0.3) is 0 Å².